The Morgan fingerprint density at radius 2 is 1.20 bits per heavy atom. The van der Waals surface area contributed by atoms with Crippen LogP contribution in [-0.2, 0) is 12.8 Å². The van der Waals surface area contributed by atoms with Gasteiger partial charge in [-0.3, -0.25) is 0 Å². The molecule has 2 aliphatic rings. The van der Waals surface area contributed by atoms with E-state index >= 15 is 0 Å². The maximum atomic E-state index is 2.77. The molecule has 0 bridgehead atoms. The van der Waals surface area contributed by atoms with Gasteiger partial charge in [-0.05, 0) is 49.7 Å². The highest BCUT2D eigenvalue weighted by atomic mass is 15.7. The van der Waals surface area contributed by atoms with Crippen LogP contribution in [0.25, 0.3) is 0 Å². The first-order valence-corrected chi connectivity index (χ1v) is 9.96. The summed E-state index contributed by atoms with van der Waals surface area (Å²) >= 11 is 0. The zero-order chi connectivity index (χ0) is 17.0. The van der Waals surface area contributed by atoms with E-state index in [1.807, 2.05) is 0 Å². The molecule has 132 valence electrons. The highest BCUT2D eigenvalue weighted by molar-refractivity contribution is 5.23. The van der Waals surface area contributed by atoms with E-state index in [4.69, 9.17) is 0 Å². The Kier molecular flexibility index (Phi) is 5.19. The van der Waals surface area contributed by atoms with Crippen LogP contribution >= 0.6 is 0 Å². The quantitative estimate of drug-likeness (QED) is 0.781. The van der Waals surface area contributed by atoms with Crippen LogP contribution in [-0.4, -0.2) is 35.2 Å². The lowest BCUT2D eigenvalue weighted by molar-refractivity contribution is -0.0948. The summed E-state index contributed by atoms with van der Waals surface area (Å²) in [5.74, 6) is 0. The van der Waals surface area contributed by atoms with Gasteiger partial charge >= 0.3 is 0 Å². The van der Waals surface area contributed by atoms with Gasteiger partial charge in [-0.15, -0.1) is 0 Å². The lowest BCUT2D eigenvalue weighted by Crippen LogP contribution is -2.57. The summed E-state index contributed by atoms with van der Waals surface area (Å²) in [5, 5.41) is 5.45. The Morgan fingerprint density at radius 1 is 0.640 bits per heavy atom. The molecule has 2 fully saturated rings. The van der Waals surface area contributed by atoms with E-state index in [0.717, 1.165) is 12.8 Å². The first-order chi connectivity index (χ1) is 12.4. The fraction of sp³-hybridized carbons (Fsp3) is 0.478. The number of hydrogen-bond acceptors (Lipinski definition) is 2. The van der Waals surface area contributed by atoms with Crippen molar-refractivity contribution in [2.24, 2.45) is 0 Å². The second kappa shape index (κ2) is 7.72. The smallest absolute Gasteiger partial charge is 0.0437 e. The van der Waals surface area contributed by atoms with E-state index in [-0.39, 0.29) is 5.54 Å². The van der Waals surface area contributed by atoms with Crippen LogP contribution in [0, 0.1) is 0 Å². The standard InChI is InChI=1S/C23H30N2/c1-4-11-21(12-5-1)19-23(20-22-13-6-2-7-14-22)15-10-18-25(23)24-16-8-3-9-17-24/h1-2,4-7,11-14H,3,8-10,15-20H2. The topological polar surface area (TPSA) is 6.48 Å². The van der Waals surface area contributed by atoms with Gasteiger partial charge in [-0.1, -0.05) is 67.1 Å². The molecular formula is C23H30N2. The zero-order valence-corrected chi connectivity index (χ0v) is 15.2. The fourth-order valence-electron chi connectivity index (χ4n) is 4.86. The maximum absolute atomic E-state index is 2.77. The van der Waals surface area contributed by atoms with E-state index in [1.165, 1.54) is 62.9 Å². The SMILES string of the molecule is c1ccc(CC2(Cc3ccccc3)CCCN2N2CCCCC2)cc1. The molecule has 25 heavy (non-hydrogen) atoms. The number of rotatable bonds is 5. The van der Waals surface area contributed by atoms with Crippen molar-refractivity contribution in [2.75, 3.05) is 19.6 Å². The van der Waals surface area contributed by atoms with E-state index in [9.17, 15) is 0 Å². The summed E-state index contributed by atoms with van der Waals surface area (Å²) < 4.78 is 0. The molecule has 2 aromatic rings. The molecule has 0 aliphatic carbocycles. The van der Waals surface area contributed by atoms with Crippen molar-refractivity contribution in [3.8, 4) is 0 Å². The van der Waals surface area contributed by atoms with E-state index in [2.05, 4.69) is 70.7 Å². The first kappa shape index (κ1) is 16.8. The molecule has 2 heteroatoms. The second-order valence-electron chi connectivity index (χ2n) is 7.79. The summed E-state index contributed by atoms with van der Waals surface area (Å²) in [5.41, 5.74) is 3.18. The van der Waals surface area contributed by atoms with E-state index in [0.29, 0.717) is 0 Å². The highest BCUT2D eigenvalue weighted by Crippen LogP contribution is 2.38. The van der Waals surface area contributed by atoms with Crippen LogP contribution in [0.5, 0.6) is 0 Å². The maximum Gasteiger partial charge on any atom is 0.0437 e. The Labute approximate surface area is 152 Å². The molecule has 0 N–H and O–H groups in total. The van der Waals surface area contributed by atoms with Gasteiger partial charge in [0.15, 0.2) is 0 Å². The first-order valence-electron chi connectivity index (χ1n) is 9.96. The van der Waals surface area contributed by atoms with Gasteiger partial charge in [-0.25, -0.2) is 10.0 Å². The van der Waals surface area contributed by atoms with Crippen molar-refractivity contribution in [1.82, 2.24) is 10.0 Å². The largest absolute Gasteiger partial charge is 0.241 e. The van der Waals surface area contributed by atoms with Crippen LogP contribution < -0.4 is 0 Å². The summed E-state index contributed by atoms with van der Waals surface area (Å²) in [6, 6.07) is 22.2. The molecule has 0 radical (unpaired) electrons. The molecule has 2 nitrogen and oxygen atoms in total. The third-order valence-corrected chi connectivity index (χ3v) is 5.99. The van der Waals surface area contributed by atoms with Gasteiger partial charge in [0.2, 0.25) is 0 Å². The van der Waals surface area contributed by atoms with Gasteiger partial charge in [0.25, 0.3) is 0 Å². The molecule has 2 aromatic carbocycles. The van der Waals surface area contributed by atoms with Gasteiger partial charge in [-0.2, -0.15) is 0 Å². The third-order valence-electron chi connectivity index (χ3n) is 5.99. The van der Waals surface area contributed by atoms with Gasteiger partial charge in [0.05, 0.1) is 0 Å². The predicted octanol–water partition coefficient (Wildman–Crippen LogP) is 4.71. The average molecular weight is 335 g/mol. The molecule has 2 heterocycles. The van der Waals surface area contributed by atoms with E-state index < -0.39 is 0 Å². The molecule has 0 saturated carbocycles. The number of piperidine rings is 1. The third kappa shape index (κ3) is 3.80. The van der Waals surface area contributed by atoms with Gasteiger partial charge in [0, 0.05) is 25.2 Å². The monoisotopic (exact) mass is 334 g/mol. The Bertz CT molecular complexity index is 605. The summed E-state index contributed by atoms with van der Waals surface area (Å²) in [6.07, 6.45) is 9.02. The van der Waals surface area contributed by atoms with Crippen molar-refractivity contribution in [1.29, 1.82) is 0 Å². The Morgan fingerprint density at radius 3 is 1.76 bits per heavy atom. The Balaban J connectivity index is 1.64. The van der Waals surface area contributed by atoms with Crippen LogP contribution in [0.3, 0.4) is 0 Å². The van der Waals surface area contributed by atoms with Crippen molar-refractivity contribution in [3.05, 3.63) is 71.8 Å². The minimum atomic E-state index is 0.236. The summed E-state index contributed by atoms with van der Waals surface area (Å²) in [6.45, 7) is 3.70. The van der Waals surface area contributed by atoms with Crippen molar-refractivity contribution < 1.29 is 0 Å². The minimum absolute atomic E-state index is 0.236. The molecule has 0 atom stereocenters. The predicted molar refractivity (Wildman–Crippen MR) is 104 cm³/mol. The number of nitrogens with zero attached hydrogens (tertiary/aromatic N) is 2. The van der Waals surface area contributed by atoms with E-state index in [1.54, 1.807) is 0 Å². The molecule has 4 rings (SSSR count). The minimum Gasteiger partial charge on any atom is -0.241 e. The van der Waals surface area contributed by atoms with Crippen molar-refractivity contribution in [2.45, 2.75) is 50.5 Å². The molecular weight excluding hydrogens is 304 g/mol. The number of benzene rings is 2. The van der Waals surface area contributed by atoms with Crippen molar-refractivity contribution >= 4 is 0 Å². The Hall–Kier alpha value is -1.64. The van der Waals surface area contributed by atoms with Gasteiger partial charge < -0.3 is 0 Å². The molecule has 0 aromatic heterocycles. The molecule has 0 unspecified atom stereocenters. The van der Waals surface area contributed by atoms with Crippen LogP contribution in [0.1, 0.15) is 43.2 Å². The zero-order valence-electron chi connectivity index (χ0n) is 15.2. The summed E-state index contributed by atoms with van der Waals surface area (Å²) in [4.78, 5) is 0. The number of hydrogen-bond donors (Lipinski definition) is 0. The lowest BCUT2D eigenvalue weighted by Gasteiger charge is -2.47. The molecule has 0 spiro atoms. The van der Waals surface area contributed by atoms with Crippen molar-refractivity contribution in [3.63, 3.8) is 0 Å². The number of hydrazine groups is 1. The second-order valence-corrected chi connectivity index (χ2v) is 7.79. The molecule has 0 amide bonds. The highest BCUT2D eigenvalue weighted by Gasteiger charge is 2.43. The summed E-state index contributed by atoms with van der Waals surface area (Å²) in [7, 11) is 0. The van der Waals surface area contributed by atoms with Crippen LogP contribution in [0.15, 0.2) is 60.7 Å². The molecule has 2 saturated heterocycles. The molecule has 2 aliphatic heterocycles. The van der Waals surface area contributed by atoms with Crippen LogP contribution in [0.2, 0.25) is 0 Å². The lowest BCUT2D eigenvalue weighted by atomic mass is 9.83. The van der Waals surface area contributed by atoms with Crippen LogP contribution in [0.4, 0.5) is 0 Å². The van der Waals surface area contributed by atoms with Gasteiger partial charge in [0.1, 0.15) is 0 Å². The fourth-order valence-corrected chi connectivity index (χ4v) is 4.86. The average Bonchev–Trinajstić information content (AvgIpc) is 3.07. The normalized spacial score (nSPS) is 21.4.